The Kier molecular flexibility index (Phi) is 6.60. The van der Waals surface area contributed by atoms with E-state index >= 15 is 0 Å². The smallest absolute Gasteiger partial charge is 0.338 e. The van der Waals surface area contributed by atoms with Gasteiger partial charge in [-0.3, -0.25) is 14.5 Å². The molecule has 3 aromatic rings. The molecule has 8 nitrogen and oxygen atoms in total. The van der Waals surface area contributed by atoms with Crippen molar-refractivity contribution in [3.05, 3.63) is 84.2 Å². The molecule has 4 amide bonds. The summed E-state index contributed by atoms with van der Waals surface area (Å²) in [6.45, 7) is 0.200. The number of para-hydroxylation sites is 1. The maximum atomic E-state index is 13.4. The summed E-state index contributed by atoms with van der Waals surface area (Å²) in [5.41, 5.74) is 2.88. The van der Waals surface area contributed by atoms with Crippen LogP contribution >= 0.6 is 0 Å². The minimum Gasteiger partial charge on any atom is -0.383 e. The Morgan fingerprint density at radius 1 is 0.853 bits per heavy atom. The maximum absolute atomic E-state index is 13.4. The average molecular weight is 459 g/mol. The maximum Gasteiger partial charge on any atom is 0.338 e. The van der Waals surface area contributed by atoms with E-state index in [1.807, 2.05) is 66.2 Å². The normalized spacial score (nSPS) is 15.4. The number of benzene rings is 2. The molecule has 0 unspecified atom stereocenters. The van der Waals surface area contributed by atoms with Crippen molar-refractivity contribution in [1.29, 1.82) is 0 Å². The number of amides is 4. The van der Waals surface area contributed by atoms with Crippen LogP contribution < -0.4 is 9.80 Å². The third-order valence-corrected chi connectivity index (χ3v) is 5.58. The molecule has 0 N–H and O–H groups in total. The van der Waals surface area contributed by atoms with Crippen molar-refractivity contribution in [3.8, 4) is 5.69 Å². The molecule has 1 saturated heterocycles. The number of imide groups is 2. The first-order valence-electron chi connectivity index (χ1n) is 10.8. The standard InChI is InChI=1S/C26H26N4O4/c1-27(2)19-11-13-20(14-12-19)28-15-7-10-22(28)18-23-24(31)29(16-17-34-3)26(33)30(25(23)32)21-8-5-4-6-9-21/h4-15,18H,16-17H2,1-3H3/b23-18-. The Bertz CT molecular complexity index is 1230. The number of nitrogens with zero attached hydrogens (tertiary/aromatic N) is 4. The van der Waals surface area contributed by atoms with Gasteiger partial charge in [-0.2, -0.15) is 0 Å². The Hall–Kier alpha value is -4.17. The van der Waals surface area contributed by atoms with Crippen molar-refractivity contribution in [1.82, 2.24) is 9.47 Å². The van der Waals surface area contributed by atoms with E-state index < -0.39 is 17.8 Å². The molecule has 0 saturated carbocycles. The first-order valence-corrected chi connectivity index (χ1v) is 10.8. The lowest BCUT2D eigenvalue weighted by atomic mass is 10.1. The van der Waals surface area contributed by atoms with E-state index in [0.29, 0.717) is 11.4 Å². The van der Waals surface area contributed by atoms with Gasteiger partial charge in [0.15, 0.2) is 0 Å². The molecule has 0 spiro atoms. The van der Waals surface area contributed by atoms with Gasteiger partial charge in [0.05, 0.1) is 18.8 Å². The molecule has 1 aromatic heterocycles. The van der Waals surface area contributed by atoms with Crippen molar-refractivity contribution in [2.75, 3.05) is 44.2 Å². The number of aromatic nitrogens is 1. The summed E-state index contributed by atoms with van der Waals surface area (Å²) < 4.78 is 6.96. The first-order chi connectivity index (χ1) is 16.4. The molecular formula is C26H26N4O4. The lowest BCUT2D eigenvalue weighted by Crippen LogP contribution is -2.57. The fraction of sp³-hybridized carbons (Fsp3) is 0.192. The van der Waals surface area contributed by atoms with Crippen molar-refractivity contribution in [2.24, 2.45) is 0 Å². The van der Waals surface area contributed by atoms with Crippen molar-refractivity contribution < 1.29 is 19.1 Å². The van der Waals surface area contributed by atoms with Crippen LogP contribution in [-0.2, 0) is 14.3 Å². The number of carbonyl (C=O) groups excluding carboxylic acids is 3. The van der Waals surface area contributed by atoms with Gasteiger partial charge in [-0.25, -0.2) is 9.69 Å². The van der Waals surface area contributed by atoms with Gasteiger partial charge in [0, 0.05) is 44.5 Å². The molecule has 0 atom stereocenters. The van der Waals surface area contributed by atoms with Crippen LogP contribution in [0.5, 0.6) is 0 Å². The third-order valence-electron chi connectivity index (χ3n) is 5.58. The summed E-state index contributed by atoms with van der Waals surface area (Å²) in [6, 6.07) is 19.5. The zero-order chi connectivity index (χ0) is 24.2. The molecule has 1 fully saturated rings. The number of carbonyl (C=O) groups is 3. The highest BCUT2D eigenvalue weighted by atomic mass is 16.5. The largest absolute Gasteiger partial charge is 0.383 e. The second-order valence-corrected chi connectivity index (χ2v) is 7.98. The molecule has 174 valence electrons. The Morgan fingerprint density at radius 3 is 2.21 bits per heavy atom. The lowest BCUT2D eigenvalue weighted by molar-refractivity contribution is -0.129. The van der Waals surface area contributed by atoms with Crippen LogP contribution in [0.1, 0.15) is 5.69 Å². The fourth-order valence-electron chi connectivity index (χ4n) is 3.77. The number of hydrogen-bond donors (Lipinski definition) is 0. The summed E-state index contributed by atoms with van der Waals surface area (Å²) in [4.78, 5) is 43.8. The highest BCUT2D eigenvalue weighted by Crippen LogP contribution is 2.27. The van der Waals surface area contributed by atoms with Crippen molar-refractivity contribution in [2.45, 2.75) is 0 Å². The number of rotatable bonds is 7. The van der Waals surface area contributed by atoms with Gasteiger partial charge in [0.25, 0.3) is 11.8 Å². The van der Waals surface area contributed by atoms with Crippen molar-refractivity contribution in [3.63, 3.8) is 0 Å². The second-order valence-electron chi connectivity index (χ2n) is 7.98. The molecule has 1 aliphatic rings. The zero-order valence-electron chi connectivity index (χ0n) is 19.3. The first kappa shape index (κ1) is 23.0. The zero-order valence-corrected chi connectivity index (χ0v) is 19.3. The van der Waals surface area contributed by atoms with Gasteiger partial charge < -0.3 is 14.2 Å². The van der Waals surface area contributed by atoms with Crippen LogP contribution in [-0.4, -0.2) is 61.7 Å². The van der Waals surface area contributed by atoms with Crippen LogP contribution in [0.2, 0.25) is 0 Å². The molecule has 0 aliphatic carbocycles. The van der Waals surface area contributed by atoms with E-state index in [-0.39, 0.29) is 18.7 Å². The van der Waals surface area contributed by atoms with Crippen LogP contribution in [0.25, 0.3) is 11.8 Å². The highest BCUT2D eigenvalue weighted by Gasteiger charge is 2.42. The predicted molar refractivity (Wildman–Crippen MR) is 131 cm³/mol. The van der Waals surface area contributed by atoms with Crippen LogP contribution in [0.15, 0.2) is 78.5 Å². The average Bonchev–Trinajstić information content (AvgIpc) is 3.31. The number of ether oxygens (including phenoxy) is 1. The summed E-state index contributed by atoms with van der Waals surface area (Å²) in [6.07, 6.45) is 3.39. The molecule has 8 heteroatoms. The Labute approximate surface area is 198 Å². The molecule has 0 radical (unpaired) electrons. The summed E-state index contributed by atoms with van der Waals surface area (Å²) in [7, 11) is 5.43. The van der Waals surface area contributed by atoms with Gasteiger partial charge in [0.2, 0.25) is 0 Å². The van der Waals surface area contributed by atoms with Crippen LogP contribution in [0, 0.1) is 0 Å². The van der Waals surface area contributed by atoms with Gasteiger partial charge in [-0.15, -0.1) is 0 Å². The minimum absolute atomic E-state index is 0.0368. The molecule has 2 heterocycles. The fourth-order valence-corrected chi connectivity index (χ4v) is 3.77. The second kappa shape index (κ2) is 9.76. The van der Waals surface area contributed by atoms with Gasteiger partial charge in [-0.05, 0) is 54.6 Å². The SMILES string of the molecule is COCCN1C(=O)/C(=C/c2cccn2-c2ccc(N(C)C)cc2)C(=O)N(c2ccccc2)C1=O. The number of methoxy groups -OCH3 is 1. The number of urea groups is 1. The molecule has 0 bridgehead atoms. The highest BCUT2D eigenvalue weighted by molar-refractivity contribution is 6.39. The van der Waals surface area contributed by atoms with Crippen LogP contribution in [0.3, 0.4) is 0 Å². The topological polar surface area (TPSA) is 75.1 Å². The molecule has 34 heavy (non-hydrogen) atoms. The van der Waals surface area contributed by atoms with Crippen LogP contribution in [0.4, 0.5) is 16.2 Å². The van der Waals surface area contributed by atoms with E-state index in [1.165, 1.54) is 13.2 Å². The predicted octanol–water partition coefficient (Wildman–Crippen LogP) is 3.57. The molecular weight excluding hydrogens is 432 g/mol. The van der Waals surface area contributed by atoms with Gasteiger partial charge in [0.1, 0.15) is 5.57 Å². The number of barbiturate groups is 1. The summed E-state index contributed by atoms with van der Waals surface area (Å²) in [5, 5.41) is 0. The summed E-state index contributed by atoms with van der Waals surface area (Å²) in [5.74, 6) is -1.31. The number of anilines is 2. The molecule has 1 aliphatic heterocycles. The lowest BCUT2D eigenvalue weighted by Gasteiger charge is -2.33. The van der Waals surface area contributed by atoms with E-state index in [1.54, 1.807) is 30.3 Å². The van der Waals surface area contributed by atoms with Gasteiger partial charge in [-0.1, -0.05) is 18.2 Å². The number of hydrogen-bond acceptors (Lipinski definition) is 5. The van der Waals surface area contributed by atoms with E-state index in [2.05, 4.69) is 0 Å². The Morgan fingerprint density at radius 2 is 1.56 bits per heavy atom. The van der Waals surface area contributed by atoms with E-state index in [4.69, 9.17) is 4.74 Å². The Balaban J connectivity index is 1.76. The quantitative estimate of drug-likeness (QED) is 0.400. The van der Waals surface area contributed by atoms with Crippen molar-refractivity contribution >= 4 is 35.3 Å². The summed E-state index contributed by atoms with van der Waals surface area (Å²) >= 11 is 0. The molecule has 4 rings (SSSR count). The monoisotopic (exact) mass is 458 g/mol. The van der Waals surface area contributed by atoms with E-state index in [0.717, 1.165) is 21.2 Å². The van der Waals surface area contributed by atoms with E-state index in [9.17, 15) is 14.4 Å². The molecule has 2 aromatic carbocycles. The minimum atomic E-state index is -0.690. The third kappa shape index (κ3) is 4.35. The van der Waals surface area contributed by atoms with Gasteiger partial charge >= 0.3 is 6.03 Å².